The lowest BCUT2D eigenvalue weighted by atomic mass is 9.91. The number of fused-ring (bicyclic) bond motifs is 14. The van der Waals surface area contributed by atoms with Gasteiger partial charge in [-0.3, -0.25) is 0 Å². The van der Waals surface area contributed by atoms with Crippen LogP contribution in [0.5, 0.6) is 0 Å². The summed E-state index contributed by atoms with van der Waals surface area (Å²) in [5.41, 5.74) is 13.2. The molecule has 0 N–H and O–H groups in total. The maximum Gasteiger partial charge on any atom is 0.162 e. The lowest BCUT2D eigenvalue weighted by molar-refractivity contribution is 0.668. The SMILES string of the molecule is CC1C/C=C(\c2cccc3c2sc2ccccc23)N=C(c2cccc3c4ccccc4n(-c4ccccc4)c23)N=C1c1cc2oc3ccccc3c2cc1-n1c2cc3ccccc3cc2c2cc3ccccc3cc21. The number of rotatable bonds is 5. The van der Waals surface area contributed by atoms with E-state index >= 15 is 0 Å². The molecule has 0 spiro atoms. The summed E-state index contributed by atoms with van der Waals surface area (Å²) in [6.45, 7) is 2.33. The Morgan fingerprint density at radius 3 is 1.81 bits per heavy atom. The first-order valence-electron chi connectivity index (χ1n) is 25.8. The van der Waals surface area contributed by atoms with Crippen molar-refractivity contribution >= 4 is 136 Å². The molecular formula is C69H44N4OS. The van der Waals surface area contributed by atoms with Crippen LogP contribution in [0.2, 0.25) is 0 Å². The molecule has 75 heavy (non-hydrogen) atoms. The van der Waals surface area contributed by atoms with Gasteiger partial charge in [-0.1, -0.05) is 165 Å². The monoisotopic (exact) mass is 976 g/mol. The third kappa shape index (κ3) is 6.43. The molecule has 15 aromatic rings. The third-order valence-corrected chi connectivity index (χ3v) is 16.9. The second kappa shape index (κ2) is 16.3. The number of furan rings is 1. The molecule has 0 radical (unpaired) electrons. The van der Waals surface area contributed by atoms with Gasteiger partial charge in [0, 0.05) is 80.8 Å². The number of amidine groups is 1. The number of aliphatic imine (C=N–C) groups is 2. The summed E-state index contributed by atoms with van der Waals surface area (Å²) in [6, 6.07) is 81.5. The zero-order valence-corrected chi connectivity index (χ0v) is 41.6. The second-order valence-corrected chi connectivity index (χ2v) is 21.1. The van der Waals surface area contributed by atoms with Crippen molar-refractivity contribution in [3.05, 3.63) is 247 Å². The summed E-state index contributed by atoms with van der Waals surface area (Å²) >= 11 is 1.84. The Balaban J connectivity index is 1.03. The fourth-order valence-electron chi connectivity index (χ4n) is 12.2. The van der Waals surface area contributed by atoms with Crippen molar-refractivity contribution in [1.82, 2.24) is 9.13 Å². The van der Waals surface area contributed by atoms with Gasteiger partial charge < -0.3 is 13.6 Å². The minimum atomic E-state index is -0.0541. The maximum absolute atomic E-state index is 6.84. The smallest absolute Gasteiger partial charge is 0.162 e. The zero-order chi connectivity index (χ0) is 49.3. The topological polar surface area (TPSA) is 47.7 Å². The summed E-state index contributed by atoms with van der Waals surface area (Å²) in [7, 11) is 0. The van der Waals surface area contributed by atoms with Crippen LogP contribution >= 0.6 is 11.3 Å². The molecule has 0 bridgehead atoms. The molecule has 5 nitrogen and oxygen atoms in total. The third-order valence-electron chi connectivity index (χ3n) is 15.7. The van der Waals surface area contributed by atoms with Crippen LogP contribution in [0.4, 0.5) is 0 Å². The Morgan fingerprint density at radius 1 is 0.440 bits per heavy atom. The minimum Gasteiger partial charge on any atom is -0.456 e. The quantitative estimate of drug-likeness (QED) is 0.169. The first kappa shape index (κ1) is 42.2. The molecule has 0 aliphatic carbocycles. The van der Waals surface area contributed by atoms with E-state index in [-0.39, 0.29) is 5.92 Å². The number of hydrogen-bond donors (Lipinski definition) is 0. The summed E-state index contributed by atoms with van der Waals surface area (Å²) < 4.78 is 14.2. The van der Waals surface area contributed by atoms with E-state index in [1.54, 1.807) is 0 Å². The van der Waals surface area contributed by atoms with E-state index in [0.29, 0.717) is 12.3 Å². The number of thiophene rings is 1. The summed E-state index contributed by atoms with van der Waals surface area (Å²) in [5.74, 6) is 0.600. The van der Waals surface area contributed by atoms with Gasteiger partial charge in [-0.05, 0) is 101 Å². The predicted octanol–water partition coefficient (Wildman–Crippen LogP) is 18.8. The average Bonchev–Trinajstić information content (AvgIpc) is 4.21. The fourth-order valence-corrected chi connectivity index (χ4v) is 13.4. The molecule has 0 fully saturated rings. The van der Waals surface area contributed by atoms with E-state index in [0.717, 1.165) is 88.9 Å². The average molecular weight is 977 g/mol. The highest BCUT2D eigenvalue weighted by molar-refractivity contribution is 7.26. The van der Waals surface area contributed by atoms with Crippen LogP contribution in [-0.2, 0) is 0 Å². The summed E-state index contributed by atoms with van der Waals surface area (Å²) in [4.78, 5) is 11.9. The zero-order valence-electron chi connectivity index (χ0n) is 40.8. The lowest BCUT2D eigenvalue weighted by Gasteiger charge is -2.22. The molecule has 11 aromatic carbocycles. The van der Waals surface area contributed by atoms with Crippen LogP contribution in [0.1, 0.15) is 30.0 Å². The van der Waals surface area contributed by atoms with Crippen LogP contribution < -0.4 is 0 Å². The number of allylic oxidation sites excluding steroid dienone is 1. The normalized spacial score (nSPS) is 15.2. The molecule has 5 heterocycles. The van der Waals surface area contributed by atoms with Gasteiger partial charge in [-0.2, -0.15) is 0 Å². The molecule has 16 rings (SSSR count). The van der Waals surface area contributed by atoms with E-state index in [9.17, 15) is 0 Å². The van der Waals surface area contributed by atoms with Crippen molar-refractivity contribution in [3.8, 4) is 11.4 Å². The van der Waals surface area contributed by atoms with Crippen molar-refractivity contribution in [2.24, 2.45) is 15.9 Å². The van der Waals surface area contributed by atoms with Gasteiger partial charge >= 0.3 is 0 Å². The number of hydrogen-bond acceptors (Lipinski definition) is 4. The van der Waals surface area contributed by atoms with E-state index in [1.807, 2.05) is 11.3 Å². The minimum absolute atomic E-state index is 0.0541. The van der Waals surface area contributed by atoms with E-state index in [4.69, 9.17) is 14.4 Å². The lowest BCUT2D eigenvalue weighted by Crippen LogP contribution is -2.19. The first-order chi connectivity index (χ1) is 37.1. The second-order valence-electron chi connectivity index (χ2n) is 20.1. The van der Waals surface area contributed by atoms with Gasteiger partial charge in [-0.25, -0.2) is 9.98 Å². The molecule has 4 aromatic heterocycles. The van der Waals surface area contributed by atoms with Gasteiger partial charge in [0.1, 0.15) is 11.2 Å². The molecule has 0 saturated heterocycles. The molecule has 0 saturated carbocycles. The number of nitrogens with zero attached hydrogens (tertiary/aromatic N) is 4. The Bertz CT molecular complexity index is 4910. The Hall–Kier alpha value is -9.36. The van der Waals surface area contributed by atoms with E-state index < -0.39 is 0 Å². The Morgan fingerprint density at radius 2 is 1.05 bits per heavy atom. The van der Waals surface area contributed by atoms with Gasteiger partial charge in [0.2, 0.25) is 0 Å². The molecule has 1 unspecified atom stereocenters. The van der Waals surface area contributed by atoms with E-state index in [1.165, 1.54) is 57.9 Å². The van der Waals surface area contributed by atoms with Crippen LogP contribution in [0.15, 0.2) is 245 Å². The fraction of sp³-hybridized carbons (Fsp3) is 0.0435. The molecule has 0 amide bonds. The summed E-state index contributed by atoms with van der Waals surface area (Å²) in [6.07, 6.45) is 3.07. The van der Waals surface area contributed by atoms with Crippen LogP contribution in [0.3, 0.4) is 0 Å². The van der Waals surface area contributed by atoms with Gasteiger partial charge in [0.25, 0.3) is 0 Å². The molecular weight excluding hydrogens is 933 g/mol. The number of aromatic nitrogens is 2. The predicted molar refractivity (Wildman–Crippen MR) is 318 cm³/mol. The van der Waals surface area contributed by atoms with Crippen molar-refractivity contribution < 1.29 is 4.42 Å². The molecule has 352 valence electrons. The van der Waals surface area contributed by atoms with E-state index in [2.05, 4.69) is 247 Å². The van der Waals surface area contributed by atoms with Crippen LogP contribution in [-0.4, -0.2) is 20.7 Å². The number of para-hydroxylation sites is 4. The Labute approximate surface area is 434 Å². The first-order valence-corrected chi connectivity index (χ1v) is 26.6. The van der Waals surface area contributed by atoms with Crippen molar-refractivity contribution in [2.45, 2.75) is 13.3 Å². The number of benzene rings is 11. The van der Waals surface area contributed by atoms with Crippen LogP contribution in [0.25, 0.3) is 124 Å². The highest BCUT2D eigenvalue weighted by Gasteiger charge is 2.28. The largest absolute Gasteiger partial charge is 0.456 e. The van der Waals surface area contributed by atoms with Crippen molar-refractivity contribution in [3.63, 3.8) is 0 Å². The van der Waals surface area contributed by atoms with Gasteiger partial charge in [-0.15, -0.1) is 11.3 Å². The van der Waals surface area contributed by atoms with Crippen molar-refractivity contribution in [2.75, 3.05) is 0 Å². The molecule has 6 heteroatoms. The van der Waals surface area contributed by atoms with Crippen molar-refractivity contribution in [1.29, 1.82) is 0 Å². The standard InChI is InChI=1S/C69H44N4OS/c1-41-33-34-58(52-28-16-27-51-49-25-11-14-32-65(49)75-68(51)52)70-69(53-29-15-26-50-47-23-9-12-30-59(47)72(67(50)53)46-21-3-2-4-22-46)71-66(41)57-40-64-56(48-24-10-13-31-63(48)74-64)39-62(57)73-60-37-44-19-7-5-17-42(44)35-54(60)55-36-43-18-6-8-20-45(43)38-61(55)73/h2-32,34-41H,33H2,1H3/b58-34+,70-69?,71-66?. The highest BCUT2D eigenvalue weighted by atomic mass is 32.1. The highest BCUT2D eigenvalue weighted by Crippen LogP contribution is 2.44. The molecule has 1 aliphatic rings. The Kier molecular flexibility index (Phi) is 9.18. The summed E-state index contributed by atoms with van der Waals surface area (Å²) in [5, 5.41) is 14.2. The van der Waals surface area contributed by atoms with Gasteiger partial charge in [0.15, 0.2) is 5.84 Å². The maximum atomic E-state index is 6.84. The molecule has 1 atom stereocenters. The van der Waals surface area contributed by atoms with Crippen LogP contribution in [0, 0.1) is 5.92 Å². The molecule has 1 aliphatic heterocycles. The van der Waals surface area contributed by atoms with Gasteiger partial charge in [0.05, 0.1) is 39.2 Å².